The summed E-state index contributed by atoms with van der Waals surface area (Å²) in [5.41, 5.74) is 0. The van der Waals surface area contributed by atoms with Gasteiger partial charge < -0.3 is 14.2 Å². The molecule has 0 N–H and O–H groups in total. The second kappa shape index (κ2) is 69.7. The Labute approximate surface area is 444 Å². The van der Waals surface area contributed by atoms with Crippen molar-refractivity contribution in [2.24, 2.45) is 0 Å². The molecule has 0 aliphatic rings. The molecule has 0 aromatic carbocycles. The van der Waals surface area contributed by atoms with Gasteiger partial charge in [-0.1, -0.05) is 342 Å². The maximum atomic E-state index is 10.9. The number of esters is 3. The van der Waals surface area contributed by atoms with Crippen molar-refractivity contribution in [1.29, 1.82) is 0 Å². The number of hydrogen-bond acceptors (Lipinski definition) is 6. The third-order valence-electron chi connectivity index (χ3n) is 13.7. The number of carbonyl (C=O) groups excluding carboxylic acids is 3. The maximum absolute atomic E-state index is 10.9. The van der Waals surface area contributed by atoms with Crippen molar-refractivity contribution in [3.05, 3.63) is 38.0 Å². The second-order valence-corrected chi connectivity index (χ2v) is 20.7. The average molecular weight is 1000 g/mol. The van der Waals surface area contributed by atoms with Gasteiger partial charge >= 0.3 is 17.9 Å². The van der Waals surface area contributed by atoms with Crippen LogP contribution in [0.1, 0.15) is 342 Å². The van der Waals surface area contributed by atoms with Crippen molar-refractivity contribution >= 4 is 17.9 Å². The van der Waals surface area contributed by atoms with Gasteiger partial charge in [0.1, 0.15) is 0 Å². The van der Waals surface area contributed by atoms with Gasteiger partial charge in [-0.3, -0.25) is 0 Å². The fourth-order valence-corrected chi connectivity index (χ4v) is 9.00. The van der Waals surface area contributed by atoms with E-state index in [0.717, 1.165) is 19.3 Å². The number of unbranched alkanes of at least 4 members (excludes halogenated alkanes) is 47. The lowest BCUT2D eigenvalue weighted by atomic mass is 10.0. The van der Waals surface area contributed by atoms with Gasteiger partial charge in [0.15, 0.2) is 0 Å². The highest BCUT2D eigenvalue weighted by Gasteiger charge is 2.00. The van der Waals surface area contributed by atoms with Gasteiger partial charge in [0.05, 0.1) is 19.8 Å². The van der Waals surface area contributed by atoms with Crippen molar-refractivity contribution < 1.29 is 28.6 Å². The Kier molecular flexibility index (Phi) is 71.5. The second-order valence-electron chi connectivity index (χ2n) is 20.7. The van der Waals surface area contributed by atoms with Crippen LogP contribution < -0.4 is 0 Å². The lowest BCUT2D eigenvalue weighted by Crippen LogP contribution is -2.01. The molecule has 0 aromatic rings. The molecular weight excluding hydrogens is 877 g/mol. The van der Waals surface area contributed by atoms with Gasteiger partial charge in [-0.05, 0) is 19.3 Å². The molecule has 0 aliphatic carbocycles. The summed E-state index contributed by atoms with van der Waals surface area (Å²) in [6.07, 6.45) is 71.9. The number of hydrogen-bond donors (Lipinski definition) is 0. The topological polar surface area (TPSA) is 78.9 Å². The molecule has 0 unspecified atom stereocenters. The molecule has 0 radical (unpaired) electrons. The lowest BCUT2D eigenvalue weighted by Gasteiger charge is -2.04. The maximum Gasteiger partial charge on any atom is 0.330 e. The molecule has 71 heavy (non-hydrogen) atoms. The van der Waals surface area contributed by atoms with E-state index in [1.54, 1.807) is 0 Å². The molecule has 0 spiro atoms. The zero-order valence-electron chi connectivity index (χ0n) is 48.3. The third kappa shape index (κ3) is 74.3. The molecule has 0 saturated carbocycles. The Bertz CT molecular complexity index is 1070. The molecule has 0 heterocycles. The van der Waals surface area contributed by atoms with Crippen LogP contribution in [0.4, 0.5) is 0 Å². The van der Waals surface area contributed by atoms with E-state index in [0.29, 0.717) is 19.8 Å². The molecule has 0 aliphatic heterocycles. The normalized spacial score (nSPS) is 10.7. The fraction of sp³-hybridized carbons (Fsp3) is 0.862. The Morgan fingerprint density at radius 3 is 0.451 bits per heavy atom. The molecule has 0 bridgehead atoms. The number of carbonyl (C=O) groups is 3. The number of rotatable bonds is 56. The van der Waals surface area contributed by atoms with Crippen molar-refractivity contribution in [1.82, 2.24) is 0 Å². The van der Waals surface area contributed by atoms with E-state index in [1.165, 1.54) is 320 Å². The molecule has 0 atom stereocenters. The first kappa shape index (κ1) is 72.9. The van der Waals surface area contributed by atoms with E-state index < -0.39 is 0 Å². The minimum Gasteiger partial charge on any atom is -0.463 e. The first-order valence-electron chi connectivity index (χ1n) is 31.3. The fourth-order valence-electron chi connectivity index (χ4n) is 9.00. The van der Waals surface area contributed by atoms with Crippen LogP contribution in [0.2, 0.25) is 0 Å². The molecular formula is C65H124O6. The summed E-state index contributed by atoms with van der Waals surface area (Å²) in [7, 11) is 0. The van der Waals surface area contributed by atoms with Gasteiger partial charge in [0, 0.05) is 18.2 Å². The highest BCUT2D eigenvalue weighted by molar-refractivity contribution is 5.81. The minimum absolute atomic E-state index is 0.298. The summed E-state index contributed by atoms with van der Waals surface area (Å²) in [4.78, 5) is 32.5. The van der Waals surface area contributed by atoms with Gasteiger partial charge in [0.25, 0.3) is 0 Å². The Balaban J connectivity index is -0.000000985. The zero-order valence-corrected chi connectivity index (χ0v) is 48.3. The first-order chi connectivity index (χ1) is 34.9. The van der Waals surface area contributed by atoms with Crippen LogP contribution in [0, 0.1) is 0 Å². The van der Waals surface area contributed by atoms with Crippen molar-refractivity contribution in [3.8, 4) is 0 Å². The average Bonchev–Trinajstić information content (AvgIpc) is 3.38. The number of ether oxygens (including phenoxy) is 3. The first-order valence-corrected chi connectivity index (χ1v) is 31.3. The Hall–Kier alpha value is -2.37. The molecule has 0 fully saturated rings. The largest absolute Gasteiger partial charge is 0.463 e. The summed E-state index contributed by atoms with van der Waals surface area (Å²) in [6, 6.07) is 0. The minimum atomic E-state index is -0.301. The molecule has 0 saturated heterocycles. The van der Waals surface area contributed by atoms with E-state index in [1.807, 2.05) is 0 Å². The SMILES string of the molecule is C=CC(=O)OCCCCCCCCCCCCCCCC.C=CC(=O)OCCCCCCCCCCCCCCCCCC.C=CC(=O)OCCCCCCCCCCCCCCCCCCCCCC. The van der Waals surface area contributed by atoms with Crippen molar-refractivity contribution in [3.63, 3.8) is 0 Å². The highest BCUT2D eigenvalue weighted by atomic mass is 16.5. The Morgan fingerprint density at radius 1 is 0.225 bits per heavy atom. The highest BCUT2D eigenvalue weighted by Crippen LogP contribution is 2.17. The van der Waals surface area contributed by atoms with Crippen LogP contribution in [0.3, 0.4) is 0 Å². The monoisotopic (exact) mass is 1000 g/mol. The standard InChI is InChI=1S/C25H48O2.C21H40O2.C19H36O2/c1-3-5-6-7-8-9-10-11-12-13-14-15-16-17-18-19-20-21-22-23-24-27-25(26)4-2;1-3-5-6-7-8-9-10-11-12-13-14-15-16-17-18-19-20-23-21(22)4-2;1-3-5-6-7-8-9-10-11-12-13-14-15-16-17-18-21-19(20)4-2/h4H,2-3,5-24H2,1H3;4H,2-3,5-20H2,1H3;4H,2-3,5-18H2,1H3. The molecule has 0 rings (SSSR count). The van der Waals surface area contributed by atoms with Crippen LogP contribution in [-0.4, -0.2) is 37.7 Å². The summed E-state index contributed by atoms with van der Waals surface area (Å²) < 4.78 is 14.9. The van der Waals surface area contributed by atoms with Crippen molar-refractivity contribution in [2.75, 3.05) is 19.8 Å². The van der Waals surface area contributed by atoms with Gasteiger partial charge in [-0.15, -0.1) is 0 Å². The van der Waals surface area contributed by atoms with Crippen LogP contribution in [0.15, 0.2) is 38.0 Å². The summed E-state index contributed by atoms with van der Waals surface area (Å²) in [5.74, 6) is -0.900. The van der Waals surface area contributed by atoms with E-state index >= 15 is 0 Å². The Morgan fingerprint density at radius 2 is 0.338 bits per heavy atom. The van der Waals surface area contributed by atoms with Crippen LogP contribution in [0.25, 0.3) is 0 Å². The van der Waals surface area contributed by atoms with Crippen molar-refractivity contribution in [2.45, 2.75) is 342 Å². The van der Waals surface area contributed by atoms with Crippen LogP contribution >= 0.6 is 0 Å². The molecule has 420 valence electrons. The third-order valence-corrected chi connectivity index (χ3v) is 13.7. The summed E-state index contributed by atoms with van der Waals surface area (Å²) in [5, 5.41) is 0. The molecule has 0 aromatic heterocycles. The van der Waals surface area contributed by atoms with E-state index in [-0.39, 0.29) is 17.9 Å². The smallest absolute Gasteiger partial charge is 0.330 e. The quantitative estimate of drug-likeness (QED) is 0.0261. The van der Waals surface area contributed by atoms with Crippen LogP contribution in [-0.2, 0) is 28.6 Å². The predicted molar refractivity (Wildman–Crippen MR) is 311 cm³/mol. The van der Waals surface area contributed by atoms with Gasteiger partial charge in [-0.2, -0.15) is 0 Å². The van der Waals surface area contributed by atoms with Gasteiger partial charge in [-0.25, -0.2) is 14.4 Å². The van der Waals surface area contributed by atoms with E-state index in [9.17, 15) is 14.4 Å². The van der Waals surface area contributed by atoms with E-state index in [4.69, 9.17) is 14.2 Å². The summed E-state index contributed by atoms with van der Waals surface area (Å²) in [6.45, 7) is 18.6. The molecule has 6 heteroatoms. The van der Waals surface area contributed by atoms with E-state index in [2.05, 4.69) is 40.5 Å². The molecule has 0 amide bonds. The lowest BCUT2D eigenvalue weighted by molar-refractivity contribution is -0.138. The molecule has 6 nitrogen and oxygen atoms in total. The predicted octanol–water partition coefficient (Wildman–Crippen LogP) is 21.7. The van der Waals surface area contributed by atoms with Gasteiger partial charge in [0.2, 0.25) is 0 Å². The van der Waals surface area contributed by atoms with Crippen LogP contribution in [0.5, 0.6) is 0 Å². The zero-order chi connectivity index (χ0) is 52.5. The summed E-state index contributed by atoms with van der Waals surface area (Å²) >= 11 is 0.